The molecule has 0 bridgehead atoms. The maximum absolute atomic E-state index is 11.8. The van der Waals surface area contributed by atoms with Crippen LogP contribution in [0.2, 0.25) is 0 Å². The summed E-state index contributed by atoms with van der Waals surface area (Å²) in [4.78, 5) is 24.0. The van der Waals surface area contributed by atoms with Gasteiger partial charge in [0, 0.05) is 26.1 Å². The summed E-state index contributed by atoms with van der Waals surface area (Å²) in [5.41, 5.74) is 0. The maximum Gasteiger partial charge on any atom is 0.326 e. The Morgan fingerprint density at radius 1 is 1.50 bits per heavy atom. The number of hydrogen-bond acceptors (Lipinski definition) is 4. The zero-order chi connectivity index (χ0) is 14.1. The average Bonchev–Trinajstić information content (AvgIpc) is 2.34. The van der Waals surface area contributed by atoms with Crippen LogP contribution in [0, 0.1) is 17.2 Å². The Morgan fingerprint density at radius 2 is 2.11 bits per heavy atom. The van der Waals surface area contributed by atoms with Crippen LogP contribution in [-0.2, 0) is 4.79 Å². The fraction of sp³-hybridized carbons (Fsp3) is 0.727. The van der Waals surface area contributed by atoms with Gasteiger partial charge in [-0.05, 0) is 13.8 Å². The molecular formula is C11H19N3O4. The van der Waals surface area contributed by atoms with Gasteiger partial charge in [0.1, 0.15) is 6.04 Å². The van der Waals surface area contributed by atoms with Crippen molar-refractivity contribution >= 4 is 12.0 Å². The minimum Gasteiger partial charge on any atom is -0.480 e. The summed E-state index contributed by atoms with van der Waals surface area (Å²) < 4.78 is 0. The summed E-state index contributed by atoms with van der Waals surface area (Å²) in [6.07, 6.45) is -0.0492. The first-order valence-corrected chi connectivity index (χ1v) is 5.74. The summed E-state index contributed by atoms with van der Waals surface area (Å²) in [7, 11) is 0. The number of nitrogens with zero attached hydrogens (tertiary/aromatic N) is 2. The second-order valence-electron chi connectivity index (χ2n) is 3.92. The van der Waals surface area contributed by atoms with Crippen LogP contribution >= 0.6 is 0 Å². The molecule has 0 spiro atoms. The summed E-state index contributed by atoms with van der Waals surface area (Å²) >= 11 is 0. The molecule has 2 amide bonds. The number of amides is 2. The molecule has 0 heterocycles. The van der Waals surface area contributed by atoms with Crippen molar-refractivity contribution in [3.63, 3.8) is 0 Å². The summed E-state index contributed by atoms with van der Waals surface area (Å²) in [5, 5.41) is 28.5. The Bertz CT molecular complexity index is 327. The molecule has 0 radical (unpaired) electrons. The van der Waals surface area contributed by atoms with E-state index in [4.69, 9.17) is 15.5 Å². The Balaban J connectivity index is 4.50. The number of rotatable bonds is 7. The second kappa shape index (κ2) is 8.31. The molecule has 0 aromatic heterocycles. The molecule has 0 saturated heterocycles. The monoisotopic (exact) mass is 257 g/mol. The lowest BCUT2D eigenvalue weighted by Crippen LogP contribution is -2.49. The van der Waals surface area contributed by atoms with E-state index in [-0.39, 0.29) is 25.5 Å². The minimum atomic E-state index is -1.19. The van der Waals surface area contributed by atoms with Crippen LogP contribution in [0.4, 0.5) is 4.79 Å². The van der Waals surface area contributed by atoms with E-state index < -0.39 is 18.0 Å². The van der Waals surface area contributed by atoms with Gasteiger partial charge in [-0.25, -0.2) is 9.59 Å². The highest BCUT2D eigenvalue weighted by molar-refractivity contribution is 5.82. The van der Waals surface area contributed by atoms with Crippen LogP contribution in [0.15, 0.2) is 0 Å². The molecule has 0 aliphatic rings. The summed E-state index contributed by atoms with van der Waals surface area (Å²) in [6, 6.07) is 0.350. The van der Waals surface area contributed by atoms with Crippen LogP contribution < -0.4 is 5.32 Å². The standard InChI is InChI=1S/C11H19N3O4/c1-3-14(7-8(2)6-12)11(18)13-9(4-5-15)10(16)17/h8-9,15H,3-5,7H2,1-2H3,(H,13,18)(H,16,17)/t8?,9-/m1/s1. The minimum absolute atomic E-state index is 0.0492. The van der Waals surface area contributed by atoms with Gasteiger partial charge >= 0.3 is 12.0 Å². The fourth-order valence-corrected chi connectivity index (χ4v) is 1.35. The number of aliphatic hydroxyl groups is 1. The first-order valence-electron chi connectivity index (χ1n) is 5.74. The van der Waals surface area contributed by atoms with Crippen molar-refractivity contribution in [2.75, 3.05) is 19.7 Å². The predicted molar refractivity (Wildman–Crippen MR) is 63.7 cm³/mol. The van der Waals surface area contributed by atoms with E-state index in [9.17, 15) is 9.59 Å². The van der Waals surface area contributed by atoms with Gasteiger partial charge in [-0.3, -0.25) is 0 Å². The molecule has 7 nitrogen and oxygen atoms in total. The smallest absolute Gasteiger partial charge is 0.326 e. The SMILES string of the molecule is CCN(CC(C)C#N)C(=O)N[C@H](CCO)C(=O)O. The third-order valence-electron chi connectivity index (χ3n) is 2.40. The lowest BCUT2D eigenvalue weighted by atomic mass is 10.2. The topological polar surface area (TPSA) is 114 Å². The molecule has 18 heavy (non-hydrogen) atoms. The Hall–Kier alpha value is -1.81. The van der Waals surface area contributed by atoms with Crippen molar-refractivity contribution < 1.29 is 19.8 Å². The number of nitriles is 1. The van der Waals surface area contributed by atoms with E-state index in [1.54, 1.807) is 13.8 Å². The number of carbonyl (C=O) groups is 2. The molecule has 0 fully saturated rings. The molecule has 1 unspecified atom stereocenters. The van der Waals surface area contributed by atoms with Crippen molar-refractivity contribution in [2.24, 2.45) is 5.92 Å². The first-order chi connectivity index (χ1) is 8.46. The fourth-order valence-electron chi connectivity index (χ4n) is 1.35. The Labute approximate surface area is 106 Å². The average molecular weight is 257 g/mol. The molecule has 0 aromatic rings. The van der Waals surface area contributed by atoms with Gasteiger partial charge in [0.05, 0.1) is 12.0 Å². The maximum atomic E-state index is 11.8. The van der Waals surface area contributed by atoms with Crippen LogP contribution in [0.5, 0.6) is 0 Å². The first kappa shape index (κ1) is 16.2. The van der Waals surface area contributed by atoms with Gasteiger partial charge in [-0.15, -0.1) is 0 Å². The highest BCUT2D eigenvalue weighted by atomic mass is 16.4. The number of aliphatic carboxylic acids is 1. The van der Waals surface area contributed by atoms with E-state index in [1.165, 1.54) is 4.90 Å². The molecule has 2 atom stereocenters. The van der Waals surface area contributed by atoms with Gasteiger partial charge in [0.25, 0.3) is 0 Å². The molecular weight excluding hydrogens is 238 g/mol. The van der Waals surface area contributed by atoms with Crippen LogP contribution in [0.3, 0.4) is 0 Å². The quantitative estimate of drug-likeness (QED) is 0.594. The van der Waals surface area contributed by atoms with Crippen LogP contribution in [0.1, 0.15) is 20.3 Å². The largest absolute Gasteiger partial charge is 0.480 e. The van der Waals surface area contributed by atoms with Gasteiger partial charge in [-0.1, -0.05) is 0 Å². The highest BCUT2D eigenvalue weighted by Gasteiger charge is 2.22. The molecule has 7 heteroatoms. The second-order valence-corrected chi connectivity index (χ2v) is 3.92. The van der Waals surface area contributed by atoms with Crippen molar-refractivity contribution in [3.8, 4) is 6.07 Å². The Kier molecular flexibility index (Phi) is 7.47. The third kappa shape index (κ3) is 5.50. The molecule has 0 saturated carbocycles. The van der Waals surface area contributed by atoms with Crippen molar-refractivity contribution in [1.29, 1.82) is 5.26 Å². The zero-order valence-corrected chi connectivity index (χ0v) is 10.6. The highest BCUT2D eigenvalue weighted by Crippen LogP contribution is 2.01. The lowest BCUT2D eigenvalue weighted by molar-refractivity contribution is -0.139. The number of carboxylic acid groups (broad SMARTS) is 1. The van der Waals surface area contributed by atoms with Crippen molar-refractivity contribution in [3.05, 3.63) is 0 Å². The number of carboxylic acids is 1. The molecule has 0 aliphatic carbocycles. The third-order valence-corrected chi connectivity index (χ3v) is 2.40. The summed E-state index contributed by atoms with van der Waals surface area (Å²) in [5.74, 6) is -1.52. The molecule has 0 aromatic carbocycles. The van der Waals surface area contributed by atoms with Gasteiger partial charge < -0.3 is 20.4 Å². The van der Waals surface area contributed by atoms with E-state index in [0.29, 0.717) is 6.54 Å². The molecule has 102 valence electrons. The van der Waals surface area contributed by atoms with Gasteiger partial charge in [-0.2, -0.15) is 5.26 Å². The van der Waals surface area contributed by atoms with E-state index in [2.05, 4.69) is 5.32 Å². The number of urea groups is 1. The van der Waals surface area contributed by atoms with E-state index in [1.807, 2.05) is 6.07 Å². The van der Waals surface area contributed by atoms with Gasteiger partial charge in [0.15, 0.2) is 0 Å². The Morgan fingerprint density at radius 3 is 2.50 bits per heavy atom. The number of aliphatic hydroxyl groups excluding tert-OH is 1. The molecule has 0 aliphatic heterocycles. The summed E-state index contributed by atoms with van der Waals surface area (Å²) in [6.45, 7) is 3.72. The zero-order valence-electron chi connectivity index (χ0n) is 10.6. The van der Waals surface area contributed by atoms with Crippen LogP contribution in [0.25, 0.3) is 0 Å². The predicted octanol–water partition coefficient (Wildman–Crippen LogP) is 0.0132. The molecule has 0 rings (SSSR count). The number of carbonyl (C=O) groups excluding carboxylic acids is 1. The normalized spacial score (nSPS) is 13.2. The lowest BCUT2D eigenvalue weighted by Gasteiger charge is -2.24. The van der Waals surface area contributed by atoms with Crippen molar-refractivity contribution in [2.45, 2.75) is 26.3 Å². The van der Waals surface area contributed by atoms with E-state index in [0.717, 1.165) is 0 Å². The van der Waals surface area contributed by atoms with E-state index >= 15 is 0 Å². The molecule has 3 N–H and O–H groups in total. The number of hydrogen-bond donors (Lipinski definition) is 3. The van der Waals surface area contributed by atoms with Crippen LogP contribution in [-0.4, -0.2) is 52.9 Å². The van der Waals surface area contributed by atoms with Gasteiger partial charge in [0.2, 0.25) is 0 Å². The number of nitrogens with one attached hydrogen (secondary N) is 1. The van der Waals surface area contributed by atoms with Crippen molar-refractivity contribution in [1.82, 2.24) is 10.2 Å².